The predicted octanol–water partition coefficient (Wildman–Crippen LogP) is 10.3. The first-order chi connectivity index (χ1) is 26.6. The van der Waals surface area contributed by atoms with E-state index in [0.717, 1.165) is 58.1 Å². The zero-order valence-electron chi connectivity index (χ0n) is 33.3. The van der Waals surface area contributed by atoms with Crippen LogP contribution in [0.3, 0.4) is 0 Å². The molecule has 0 aliphatic rings. The van der Waals surface area contributed by atoms with Crippen LogP contribution in [0.25, 0.3) is 29.9 Å². The molecule has 0 saturated heterocycles. The minimum atomic E-state index is -0.403. The molecule has 0 heterocycles. The van der Waals surface area contributed by atoms with Crippen LogP contribution in [0.15, 0.2) is 91.5 Å². The molecule has 0 aliphatic heterocycles. The number of hydrogen-bond acceptors (Lipinski definition) is 8. The second-order valence-corrected chi connectivity index (χ2v) is 13.4. The number of esters is 2. The van der Waals surface area contributed by atoms with Crippen molar-refractivity contribution in [2.75, 3.05) is 63.9 Å². The number of rotatable bonds is 21. The van der Waals surface area contributed by atoms with Gasteiger partial charge in [0, 0.05) is 49.6 Å². The normalized spacial score (nSPS) is 11.1. The van der Waals surface area contributed by atoms with Gasteiger partial charge in [0.25, 0.3) is 0 Å². The Balaban J connectivity index is 1.33. The van der Waals surface area contributed by atoms with Crippen molar-refractivity contribution in [3.8, 4) is 11.5 Å². The van der Waals surface area contributed by atoms with E-state index in [1.807, 2.05) is 60.5 Å². The van der Waals surface area contributed by atoms with Crippen molar-refractivity contribution in [2.24, 2.45) is 0 Å². The summed E-state index contributed by atoms with van der Waals surface area (Å²) in [5.74, 6) is 0.739. The monoisotopic (exact) mass is 744 g/mol. The number of unbranched alkanes of at least 4 members (excludes halogenated alkanes) is 2. The fourth-order valence-electron chi connectivity index (χ4n) is 5.88. The Kier molecular flexibility index (Phi) is 16.7. The van der Waals surface area contributed by atoms with E-state index in [0.29, 0.717) is 17.7 Å². The lowest BCUT2D eigenvalue weighted by atomic mass is 10.0. The van der Waals surface area contributed by atoms with Crippen molar-refractivity contribution < 1.29 is 28.5 Å². The van der Waals surface area contributed by atoms with Crippen molar-refractivity contribution in [3.63, 3.8) is 0 Å². The number of nitrogens with zero attached hydrogens (tertiary/aromatic N) is 2. The fourth-order valence-corrected chi connectivity index (χ4v) is 5.88. The molecule has 8 heteroatoms. The summed E-state index contributed by atoms with van der Waals surface area (Å²) < 4.78 is 22.1. The fraction of sp³-hybridized carbons (Fsp3) is 0.319. The number of carbonyl (C=O) groups is 2. The van der Waals surface area contributed by atoms with E-state index in [2.05, 4.69) is 61.7 Å². The molecule has 0 radical (unpaired) electrons. The first-order valence-electron chi connectivity index (χ1n) is 19.0. The highest BCUT2D eigenvalue weighted by Crippen LogP contribution is 2.32. The standard InChI is InChI=1S/C47H56N2O6/c1-8-10-28-49(29-11-9-2)44-26-16-38(17-27-44)13-19-42-33-45(52-6)41(32-46(42)53-7)18-12-37-14-24-43(25-15-37)48(5)30-31-54-47(51)40-22-20-39(21-23-40)35(3)34-55-36(4)50/h12-27,32-33H,3,8-11,28-31,34H2,1-2,4-7H3/b18-12+,19-13+. The van der Waals surface area contributed by atoms with E-state index >= 15 is 0 Å². The molecule has 0 spiro atoms. The molecule has 0 fully saturated rings. The zero-order chi connectivity index (χ0) is 39.6. The zero-order valence-corrected chi connectivity index (χ0v) is 33.3. The van der Waals surface area contributed by atoms with Crippen molar-refractivity contribution >= 4 is 53.2 Å². The highest BCUT2D eigenvalue weighted by atomic mass is 16.5. The van der Waals surface area contributed by atoms with Gasteiger partial charge in [0.2, 0.25) is 0 Å². The molecule has 4 rings (SSSR count). The molecular formula is C47H56N2O6. The van der Waals surface area contributed by atoms with Gasteiger partial charge in [-0.3, -0.25) is 4.79 Å². The third-order valence-electron chi connectivity index (χ3n) is 9.29. The minimum absolute atomic E-state index is 0.104. The summed E-state index contributed by atoms with van der Waals surface area (Å²) in [5, 5.41) is 0. The first-order valence-corrected chi connectivity index (χ1v) is 19.0. The molecule has 0 atom stereocenters. The van der Waals surface area contributed by atoms with Crippen LogP contribution in [0.4, 0.5) is 11.4 Å². The Morgan fingerprint density at radius 1 is 0.655 bits per heavy atom. The number of benzene rings is 4. The lowest BCUT2D eigenvalue weighted by Gasteiger charge is -2.24. The van der Waals surface area contributed by atoms with Gasteiger partial charge in [-0.2, -0.15) is 0 Å². The number of methoxy groups -OCH3 is 2. The van der Waals surface area contributed by atoms with Gasteiger partial charge in [-0.05, 0) is 83.6 Å². The van der Waals surface area contributed by atoms with E-state index in [1.165, 1.54) is 38.3 Å². The average Bonchev–Trinajstić information content (AvgIpc) is 3.21. The topological polar surface area (TPSA) is 77.5 Å². The first kappa shape index (κ1) is 42.0. The SMILES string of the molecule is C=C(COC(C)=O)c1ccc(C(=O)OCCN(C)c2ccc(/C=C/c3cc(OC)c(/C=C/c4ccc(N(CCCC)CCCC)cc4)cc3OC)cc2)cc1. The summed E-state index contributed by atoms with van der Waals surface area (Å²) in [5.41, 5.74) is 8.15. The maximum Gasteiger partial charge on any atom is 0.338 e. The number of hydrogen-bond donors (Lipinski definition) is 0. The van der Waals surface area contributed by atoms with Gasteiger partial charge in [0.15, 0.2) is 0 Å². The highest BCUT2D eigenvalue weighted by Gasteiger charge is 2.11. The lowest BCUT2D eigenvalue weighted by molar-refractivity contribution is -0.139. The van der Waals surface area contributed by atoms with E-state index in [1.54, 1.807) is 38.5 Å². The van der Waals surface area contributed by atoms with Gasteiger partial charge < -0.3 is 28.7 Å². The van der Waals surface area contributed by atoms with Crippen LogP contribution in [0, 0.1) is 0 Å². The Hall–Kier alpha value is -5.76. The molecule has 55 heavy (non-hydrogen) atoms. The summed E-state index contributed by atoms with van der Waals surface area (Å²) >= 11 is 0. The molecule has 0 unspecified atom stereocenters. The van der Waals surface area contributed by atoms with Gasteiger partial charge in [0.1, 0.15) is 24.7 Å². The number of carbonyl (C=O) groups excluding carboxylic acids is 2. The largest absolute Gasteiger partial charge is 0.496 e. The third-order valence-corrected chi connectivity index (χ3v) is 9.29. The Bertz CT molecular complexity index is 1890. The molecule has 0 saturated carbocycles. The second-order valence-electron chi connectivity index (χ2n) is 13.4. The van der Waals surface area contributed by atoms with Crippen LogP contribution >= 0.6 is 0 Å². The van der Waals surface area contributed by atoms with Crippen LogP contribution in [0.2, 0.25) is 0 Å². The van der Waals surface area contributed by atoms with Gasteiger partial charge in [-0.25, -0.2) is 4.79 Å². The van der Waals surface area contributed by atoms with Crippen LogP contribution in [-0.2, 0) is 14.3 Å². The van der Waals surface area contributed by atoms with Crippen molar-refractivity contribution in [1.82, 2.24) is 0 Å². The van der Waals surface area contributed by atoms with Gasteiger partial charge >= 0.3 is 11.9 Å². The van der Waals surface area contributed by atoms with E-state index in [4.69, 9.17) is 18.9 Å². The van der Waals surface area contributed by atoms with Crippen molar-refractivity contribution in [3.05, 3.63) is 125 Å². The molecule has 0 amide bonds. The minimum Gasteiger partial charge on any atom is -0.496 e. The molecule has 0 bridgehead atoms. The highest BCUT2D eigenvalue weighted by molar-refractivity contribution is 5.90. The molecular weight excluding hydrogens is 689 g/mol. The second kappa shape index (κ2) is 21.8. The van der Waals surface area contributed by atoms with Crippen LogP contribution in [-0.4, -0.2) is 66.1 Å². The van der Waals surface area contributed by atoms with E-state index in [9.17, 15) is 9.59 Å². The molecule has 8 nitrogen and oxygen atoms in total. The quantitative estimate of drug-likeness (QED) is 0.0617. The summed E-state index contributed by atoms with van der Waals surface area (Å²) in [6, 6.07) is 27.9. The maximum atomic E-state index is 12.6. The van der Waals surface area contributed by atoms with Gasteiger partial charge in [-0.15, -0.1) is 0 Å². The maximum absolute atomic E-state index is 12.6. The van der Waals surface area contributed by atoms with Crippen molar-refractivity contribution in [2.45, 2.75) is 46.5 Å². The Morgan fingerprint density at radius 2 is 1.15 bits per heavy atom. The molecule has 290 valence electrons. The van der Waals surface area contributed by atoms with E-state index in [-0.39, 0.29) is 19.2 Å². The van der Waals surface area contributed by atoms with Crippen LogP contribution in [0.5, 0.6) is 11.5 Å². The lowest BCUT2D eigenvalue weighted by Crippen LogP contribution is -2.25. The number of anilines is 2. The van der Waals surface area contributed by atoms with Crippen LogP contribution in [0.1, 0.15) is 84.6 Å². The predicted molar refractivity (Wildman–Crippen MR) is 228 cm³/mol. The van der Waals surface area contributed by atoms with Gasteiger partial charge in [-0.1, -0.05) is 94.0 Å². The summed E-state index contributed by atoms with van der Waals surface area (Å²) in [4.78, 5) is 28.2. The number of likely N-dealkylation sites (N-methyl/N-ethyl adjacent to an activating group) is 1. The number of ether oxygens (including phenoxy) is 4. The molecule has 0 aliphatic carbocycles. The summed E-state index contributed by atoms with van der Waals surface area (Å²) in [6.07, 6.45) is 13.0. The molecule has 0 aromatic heterocycles. The summed E-state index contributed by atoms with van der Waals surface area (Å²) in [7, 11) is 5.32. The van der Waals surface area contributed by atoms with Crippen molar-refractivity contribution in [1.29, 1.82) is 0 Å². The van der Waals surface area contributed by atoms with E-state index < -0.39 is 5.97 Å². The van der Waals surface area contributed by atoms with Crippen LogP contribution < -0.4 is 19.3 Å². The molecule has 4 aromatic rings. The third kappa shape index (κ3) is 13.0. The average molecular weight is 745 g/mol. The summed E-state index contributed by atoms with van der Waals surface area (Å²) in [6.45, 7) is 12.8. The smallest absolute Gasteiger partial charge is 0.338 e. The van der Waals surface area contributed by atoms with Gasteiger partial charge in [0.05, 0.1) is 26.3 Å². The Morgan fingerprint density at radius 3 is 1.62 bits per heavy atom. The molecule has 4 aromatic carbocycles. The molecule has 0 N–H and O–H groups in total. The Labute approximate surface area is 327 Å².